The maximum atomic E-state index is 11.7. The molecule has 1 heterocycles. The Morgan fingerprint density at radius 3 is 2.58 bits per heavy atom. The molecule has 6 nitrogen and oxygen atoms in total. The van der Waals surface area contributed by atoms with Crippen molar-refractivity contribution in [1.82, 2.24) is 14.9 Å². The third kappa shape index (κ3) is 4.39. The van der Waals surface area contributed by atoms with Gasteiger partial charge in [0, 0.05) is 25.1 Å². The lowest BCUT2D eigenvalue weighted by Crippen LogP contribution is -2.32. The van der Waals surface area contributed by atoms with Gasteiger partial charge in [-0.15, -0.1) is 0 Å². The SMILES string of the molecule is CCN(C)C(=O)CNc1cc(N)nc(C(C)(C)C)n1. The molecule has 1 rings (SSSR count). The number of nitrogens with two attached hydrogens (primary N) is 1. The summed E-state index contributed by atoms with van der Waals surface area (Å²) in [6.07, 6.45) is 0. The Morgan fingerprint density at radius 2 is 2.05 bits per heavy atom. The fraction of sp³-hybridized carbons (Fsp3) is 0.615. The average molecular weight is 265 g/mol. The first-order valence-electron chi connectivity index (χ1n) is 6.37. The van der Waals surface area contributed by atoms with E-state index in [-0.39, 0.29) is 17.9 Å². The third-order valence-electron chi connectivity index (χ3n) is 2.74. The summed E-state index contributed by atoms with van der Waals surface area (Å²) in [5.41, 5.74) is 5.58. The van der Waals surface area contributed by atoms with Gasteiger partial charge in [-0.3, -0.25) is 4.79 Å². The van der Waals surface area contributed by atoms with Crippen LogP contribution in [-0.2, 0) is 10.2 Å². The number of carbonyl (C=O) groups excluding carboxylic acids is 1. The zero-order chi connectivity index (χ0) is 14.6. The van der Waals surface area contributed by atoms with Crippen LogP contribution in [0.4, 0.5) is 11.6 Å². The van der Waals surface area contributed by atoms with Crippen molar-refractivity contribution in [2.24, 2.45) is 0 Å². The zero-order valence-electron chi connectivity index (χ0n) is 12.3. The van der Waals surface area contributed by atoms with Crippen LogP contribution in [0.15, 0.2) is 6.07 Å². The van der Waals surface area contributed by atoms with Gasteiger partial charge in [0.05, 0.1) is 6.54 Å². The quantitative estimate of drug-likeness (QED) is 0.856. The van der Waals surface area contributed by atoms with E-state index in [0.29, 0.717) is 24.0 Å². The van der Waals surface area contributed by atoms with Crippen molar-refractivity contribution in [3.8, 4) is 0 Å². The average Bonchev–Trinajstić information content (AvgIpc) is 2.33. The van der Waals surface area contributed by atoms with Crippen molar-refractivity contribution in [3.63, 3.8) is 0 Å². The molecule has 0 aliphatic carbocycles. The molecule has 0 aromatic carbocycles. The van der Waals surface area contributed by atoms with Gasteiger partial charge in [0.2, 0.25) is 5.91 Å². The first kappa shape index (κ1) is 15.2. The number of nitrogen functional groups attached to an aromatic ring is 1. The van der Waals surface area contributed by atoms with E-state index in [1.165, 1.54) is 0 Å². The number of amides is 1. The monoisotopic (exact) mass is 265 g/mol. The van der Waals surface area contributed by atoms with Gasteiger partial charge in [-0.25, -0.2) is 9.97 Å². The molecule has 0 radical (unpaired) electrons. The molecule has 0 bridgehead atoms. The van der Waals surface area contributed by atoms with E-state index >= 15 is 0 Å². The molecule has 0 aliphatic heterocycles. The van der Waals surface area contributed by atoms with Gasteiger partial charge in [0.25, 0.3) is 0 Å². The number of rotatable bonds is 4. The van der Waals surface area contributed by atoms with E-state index in [1.807, 2.05) is 27.7 Å². The fourth-order valence-corrected chi connectivity index (χ4v) is 1.37. The minimum absolute atomic E-state index is 0.0111. The van der Waals surface area contributed by atoms with Crippen LogP contribution in [0, 0.1) is 0 Å². The Morgan fingerprint density at radius 1 is 1.42 bits per heavy atom. The number of anilines is 2. The summed E-state index contributed by atoms with van der Waals surface area (Å²) in [5, 5.41) is 2.99. The van der Waals surface area contributed by atoms with Gasteiger partial charge in [0.1, 0.15) is 17.5 Å². The number of hydrogen-bond acceptors (Lipinski definition) is 5. The second-order valence-corrected chi connectivity index (χ2v) is 5.51. The summed E-state index contributed by atoms with van der Waals surface area (Å²) in [4.78, 5) is 21.9. The number of nitrogens with one attached hydrogen (secondary N) is 1. The van der Waals surface area contributed by atoms with E-state index in [9.17, 15) is 4.79 Å². The van der Waals surface area contributed by atoms with E-state index in [2.05, 4.69) is 15.3 Å². The lowest BCUT2D eigenvalue weighted by atomic mass is 9.96. The molecule has 0 atom stereocenters. The standard InChI is InChI=1S/C13H23N5O/c1-6-18(5)11(19)8-15-10-7-9(14)16-12(17-10)13(2,3)4/h7H,6,8H2,1-5H3,(H3,14,15,16,17). The molecule has 0 unspecified atom stereocenters. The molecule has 1 aromatic heterocycles. The van der Waals surface area contributed by atoms with Crippen LogP contribution in [0.5, 0.6) is 0 Å². The van der Waals surface area contributed by atoms with Gasteiger partial charge in [-0.2, -0.15) is 0 Å². The second kappa shape index (κ2) is 5.86. The predicted molar refractivity (Wildman–Crippen MR) is 76.9 cm³/mol. The summed E-state index contributed by atoms with van der Waals surface area (Å²) >= 11 is 0. The first-order chi connectivity index (χ1) is 8.74. The van der Waals surface area contributed by atoms with E-state index in [1.54, 1.807) is 18.0 Å². The minimum Gasteiger partial charge on any atom is -0.384 e. The number of aromatic nitrogens is 2. The molecule has 0 saturated heterocycles. The normalized spacial score (nSPS) is 11.2. The van der Waals surface area contributed by atoms with Crippen LogP contribution in [0.1, 0.15) is 33.5 Å². The number of likely N-dealkylation sites (N-methyl/N-ethyl adjacent to an activating group) is 1. The zero-order valence-corrected chi connectivity index (χ0v) is 12.3. The Labute approximate surface area is 114 Å². The molecule has 0 fully saturated rings. The topological polar surface area (TPSA) is 84.1 Å². The highest BCUT2D eigenvalue weighted by Gasteiger charge is 2.18. The summed E-state index contributed by atoms with van der Waals surface area (Å²) in [6.45, 7) is 8.85. The Kier molecular flexibility index (Phi) is 4.69. The van der Waals surface area contributed by atoms with Gasteiger partial charge in [-0.05, 0) is 6.92 Å². The molecule has 1 amide bonds. The fourth-order valence-electron chi connectivity index (χ4n) is 1.37. The smallest absolute Gasteiger partial charge is 0.241 e. The molecular weight excluding hydrogens is 242 g/mol. The summed E-state index contributed by atoms with van der Waals surface area (Å²) in [7, 11) is 1.76. The molecule has 6 heteroatoms. The van der Waals surface area contributed by atoms with Gasteiger partial charge in [0.15, 0.2) is 0 Å². The van der Waals surface area contributed by atoms with Gasteiger partial charge < -0.3 is 16.0 Å². The van der Waals surface area contributed by atoms with E-state index < -0.39 is 0 Å². The van der Waals surface area contributed by atoms with Crippen molar-refractivity contribution in [2.75, 3.05) is 31.2 Å². The number of carbonyl (C=O) groups is 1. The summed E-state index contributed by atoms with van der Waals surface area (Å²) in [5.74, 6) is 1.65. The highest BCUT2D eigenvalue weighted by atomic mass is 16.2. The molecule has 3 N–H and O–H groups in total. The van der Waals surface area contributed by atoms with Crippen molar-refractivity contribution in [1.29, 1.82) is 0 Å². The van der Waals surface area contributed by atoms with E-state index in [0.717, 1.165) is 0 Å². The van der Waals surface area contributed by atoms with Crippen molar-refractivity contribution >= 4 is 17.5 Å². The Balaban J connectivity index is 2.80. The largest absolute Gasteiger partial charge is 0.384 e. The maximum Gasteiger partial charge on any atom is 0.241 e. The van der Waals surface area contributed by atoms with E-state index in [4.69, 9.17) is 5.73 Å². The highest BCUT2D eigenvalue weighted by Crippen LogP contribution is 2.21. The van der Waals surface area contributed by atoms with Crippen molar-refractivity contribution in [3.05, 3.63) is 11.9 Å². The van der Waals surface area contributed by atoms with Crippen LogP contribution >= 0.6 is 0 Å². The van der Waals surface area contributed by atoms with Crippen molar-refractivity contribution in [2.45, 2.75) is 33.1 Å². The molecule has 0 aliphatic rings. The summed E-state index contributed by atoms with van der Waals surface area (Å²) in [6, 6.07) is 1.63. The molecular formula is C13H23N5O. The van der Waals surface area contributed by atoms with Crippen LogP contribution < -0.4 is 11.1 Å². The number of nitrogens with zero attached hydrogens (tertiary/aromatic N) is 3. The molecule has 106 valence electrons. The lowest BCUT2D eigenvalue weighted by Gasteiger charge is -2.19. The molecule has 0 saturated carbocycles. The predicted octanol–water partition coefficient (Wildman–Crippen LogP) is 1.25. The molecule has 0 spiro atoms. The van der Waals surface area contributed by atoms with Crippen molar-refractivity contribution < 1.29 is 4.79 Å². The van der Waals surface area contributed by atoms with Crippen LogP contribution in [0.25, 0.3) is 0 Å². The highest BCUT2D eigenvalue weighted by molar-refractivity contribution is 5.80. The molecule has 1 aromatic rings. The number of hydrogen-bond donors (Lipinski definition) is 2. The van der Waals surface area contributed by atoms with Gasteiger partial charge >= 0.3 is 0 Å². The maximum absolute atomic E-state index is 11.7. The Bertz CT molecular complexity index is 453. The lowest BCUT2D eigenvalue weighted by molar-refractivity contribution is -0.127. The second-order valence-electron chi connectivity index (χ2n) is 5.51. The Hall–Kier alpha value is -1.85. The molecule has 19 heavy (non-hydrogen) atoms. The van der Waals surface area contributed by atoms with Crippen LogP contribution in [0.3, 0.4) is 0 Å². The minimum atomic E-state index is -0.184. The third-order valence-corrected chi connectivity index (χ3v) is 2.74. The van der Waals surface area contributed by atoms with Crippen LogP contribution in [-0.4, -0.2) is 40.9 Å². The van der Waals surface area contributed by atoms with Crippen LogP contribution in [0.2, 0.25) is 0 Å². The first-order valence-corrected chi connectivity index (χ1v) is 6.37. The summed E-state index contributed by atoms with van der Waals surface area (Å²) < 4.78 is 0. The van der Waals surface area contributed by atoms with Gasteiger partial charge in [-0.1, -0.05) is 20.8 Å².